The standard InChI is InChI=1S/C13H24N4O2/c1-13(2)12(19)17(9-11(18)14-13)8-10-7-15(3)5-6-16(10)4/h10H,5-9H2,1-4H3,(H,14,18). The van der Waals surface area contributed by atoms with Gasteiger partial charge in [-0.25, -0.2) is 0 Å². The van der Waals surface area contributed by atoms with Crippen molar-refractivity contribution in [1.82, 2.24) is 20.0 Å². The van der Waals surface area contributed by atoms with Crippen molar-refractivity contribution in [3.05, 3.63) is 0 Å². The van der Waals surface area contributed by atoms with Gasteiger partial charge in [-0.3, -0.25) is 14.5 Å². The van der Waals surface area contributed by atoms with E-state index in [4.69, 9.17) is 0 Å². The van der Waals surface area contributed by atoms with E-state index in [9.17, 15) is 9.59 Å². The lowest BCUT2D eigenvalue weighted by atomic mass is 9.99. The van der Waals surface area contributed by atoms with Crippen LogP contribution in [0.15, 0.2) is 0 Å². The fourth-order valence-electron chi connectivity index (χ4n) is 2.78. The number of amides is 2. The number of nitrogens with one attached hydrogen (secondary N) is 1. The molecule has 1 atom stereocenters. The van der Waals surface area contributed by atoms with Gasteiger partial charge < -0.3 is 15.1 Å². The minimum atomic E-state index is -0.783. The maximum absolute atomic E-state index is 12.3. The molecular weight excluding hydrogens is 244 g/mol. The summed E-state index contributed by atoms with van der Waals surface area (Å²) in [6.45, 7) is 7.30. The van der Waals surface area contributed by atoms with Crippen LogP contribution in [0.1, 0.15) is 13.8 Å². The third-order valence-corrected chi connectivity index (χ3v) is 4.02. The van der Waals surface area contributed by atoms with Crippen LogP contribution in [0.3, 0.4) is 0 Å². The van der Waals surface area contributed by atoms with Crippen molar-refractivity contribution in [3.63, 3.8) is 0 Å². The fourth-order valence-corrected chi connectivity index (χ4v) is 2.78. The summed E-state index contributed by atoms with van der Waals surface area (Å²) < 4.78 is 0. The molecule has 0 aliphatic carbocycles. The minimum Gasteiger partial charge on any atom is -0.341 e. The second kappa shape index (κ2) is 5.09. The summed E-state index contributed by atoms with van der Waals surface area (Å²) in [5.74, 6) is -0.0647. The first-order valence-corrected chi connectivity index (χ1v) is 6.79. The highest BCUT2D eigenvalue weighted by molar-refractivity contribution is 5.97. The second-order valence-electron chi connectivity index (χ2n) is 6.26. The Balaban J connectivity index is 2.04. The highest BCUT2D eigenvalue weighted by atomic mass is 16.2. The van der Waals surface area contributed by atoms with E-state index in [1.807, 2.05) is 0 Å². The molecule has 2 rings (SSSR count). The summed E-state index contributed by atoms with van der Waals surface area (Å²) in [6, 6.07) is 0.296. The van der Waals surface area contributed by atoms with Gasteiger partial charge in [-0.1, -0.05) is 0 Å². The molecule has 0 radical (unpaired) electrons. The molecule has 0 aromatic rings. The molecule has 1 N–H and O–H groups in total. The Bertz CT molecular complexity index is 383. The van der Waals surface area contributed by atoms with Crippen molar-refractivity contribution in [2.75, 3.05) is 46.8 Å². The Morgan fingerprint density at radius 3 is 2.63 bits per heavy atom. The summed E-state index contributed by atoms with van der Waals surface area (Å²) in [5, 5.41) is 2.74. The molecule has 0 aromatic heterocycles. The van der Waals surface area contributed by atoms with E-state index >= 15 is 0 Å². The smallest absolute Gasteiger partial charge is 0.248 e. The Kier molecular flexibility index (Phi) is 3.82. The normalized spacial score (nSPS) is 29.5. The van der Waals surface area contributed by atoms with Crippen LogP contribution in [0.4, 0.5) is 0 Å². The first-order valence-electron chi connectivity index (χ1n) is 6.79. The SMILES string of the molecule is CN1CCN(C)C(CN2CC(=O)NC(C)(C)C2=O)C1. The predicted octanol–water partition coefficient (Wildman–Crippen LogP) is -1.03. The number of hydrogen-bond donors (Lipinski definition) is 1. The highest BCUT2D eigenvalue weighted by Crippen LogP contribution is 2.16. The van der Waals surface area contributed by atoms with E-state index in [0.29, 0.717) is 12.6 Å². The number of likely N-dealkylation sites (N-methyl/N-ethyl adjacent to an activating group) is 2. The summed E-state index contributed by atoms with van der Waals surface area (Å²) in [7, 11) is 4.17. The summed E-state index contributed by atoms with van der Waals surface area (Å²) in [6.07, 6.45) is 0. The molecule has 2 fully saturated rings. The van der Waals surface area contributed by atoms with Gasteiger partial charge in [0.25, 0.3) is 0 Å². The summed E-state index contributed by atoms with van der Waals surface area (Å²) in [4.78, 5) is 30.3. The summed E-state index contributed by atoms with van der Waals surface area (Å²) in [5.41, 5.74) is -0.783. The van der Waals surface area contributed by atoms with Crippen LogP contribution in [-0.2, 0) is 9.59 Å². The van der Waals surface area contributed by atoms with Crippen LogP contribution in [-0.4, -0.2) is 84.9 Å². The zero-order valence-corrected chi connectivity index (χ0v) is 12.3. The maximum Gasteiger partial charge on any atom is 0.248 e. The molecule has 0 spiro atoms. The van der Waals surface area contributed by atoms with Crippen LogP contribution >= 0.6 is 0 Å². The molecule has 1 unspecified atom stereocenters. The molecule has 108 valence electrons. The van der Waals surface area contributed by atoms with E-state index < -0.39 is 5.54 Å². The largest absolute Gasteiger partial charge is 0.341 e. The molecule has 0 saturated carbocycles. The fraction of sp³-hybridized carbons (Fsp3) is 0.846. The van der Waals surface area contributed by atoms with Gasteiger partial charge in [-0.15, -0.1) is 0 Å². The molecule has 2 amide bonds. The van der Waals surface area contributed by atoms with Crippen molar-refractivity contribution in [1.29, 1.82) is 0 Å². The first-order chi connectivity index (χ1) is 8.79. The maximum atomic E-state index is 12.3. The number of piperazine rings is 2. The van der Waals surface area contributed by atoms with E-state index in [0.717, 1.165) is 19.6 Å². The average molecular weight is 268 g/mol. The van der Waals surface area contributed by atoms with Crippen molar-refractivity contribution < 1.29 is 9.59 Å². The molecule has 2 heterocycles. The third kappa shape index (κ3) is 3.06. The minimum absolute atomic E-state index is 0.00808. The van der Waals surface area contributed by atoms with Gasteiger partial charge in [0.2, 0.25) is 11.8 Å². The van der Waals surface area contributed by atoms with Crippen molar-refractivity contribution in [2.24, 2.45) is 0 Å². The monoisotopic (exact) mass is 268 g/mol. The van der Waals surface area contributed by atoms with Crippen molar-refractivity contribution in [3.8, 4) is 0 Å². The number of carbonyl (C=O) groups excluding carboxylic acids is 2. The quantitative estimate of drug-likeness (QED) is 0.696. The van der Waals surface area contributed by atoms with E-state index in [2.05, 4.69) is 29.2 Å². The van der Waals surface area contributed by atoms with Gasteiger partial charge in [0.1, 0.15) is 5.54 Å². The molecule has 0 aromatic carbocycles. The van der Waals surface area contributed by atoms with Crippen LogP contribution in [0.2, 0.25) is 0 Å². The third-order valence-electron chi connectivity index (χ3n) is 4.02. The molecule has 0 bridgehead atoms. The topological polar surface area (TPSA) is 55.9 Å². The Hall–Kier alpha value is -1.14. The van der Waals surface area contributed by atoms with Crippen LogP contribution < -0.4 is 5.32 Å². The predicted molar refractivity (Wildman–Crippen MR) is 72.7 cm³/mol. The van der Waals surface area contributed by atoms with E-state index in [1.165, 1.54) is 0 Å². The highest BCUT2D eigenvalue weighted by Gasteiger charge is 2.40. The Morgan fingerprint density at radius 2 is 1.95 bits per heavy atom. The van der Waals surface area contributed by atoms with Gasteiger partial charge in [-0.2, -0.15) is 0 Å². The lowest BCUT2D eigenvalue weighted by molar-refractivity contribution is -0.149. The Labute approximate surface area is 114 Å². The molecule has 19 heavy (non-hydrogen) atoms. The first kappa shape index (κ1) is 14.3. The van der Waals surface area contributed by atoms with E-state index in [-0.39, 0.29) is 18.4 Å². The molecule has 2 aliphatic heterocycles. The Morgan fingerprint density at radius 1 is 1.26 bits per heavy atom. The molecule has 2 saturated heterocycles. The van der Waals surface area contributed by atoms with Gasteiger partial charge in [0.05, 0.1) is 6.54 Å². The zero-order chi connectivity index (χ0) is 14.2. The molecule has 6 nitrogen and oxygen atoms in total. The van der Waals surface area contributed by atoms with Crippen LogP contribution in [0.25, 0.3) is 0 Å². The second-order valence-corrected chi connectivity index (χ2v) is 6.26. The number of carbonyl (C=O) groups is 2. The average Bonchev–Trinajstić information content (AvgIpc) is 2.29. The van der Waals surface area contributed by atoms with Crippen LogP contribution in [0.5, 0.6) is 0 Å². The van der Waals surface area contributed by atoms with Crippen molar-refractivity contribution in [2.45, 2.75) is 25.4 Å². The molecule has 6 heteroatoms. The van der Waals surface area contributed by atoms with Crippen LogP contribution in [0, 0.1) is 0 Å². The number of rotatable bonds is 2. The lowest BCUT2D eigenvalue weighted by Crippen LogP contribution is -2.66. The van der Waals surface area contributed by atoms with Gasteiger partial charge in [-0.05, 0) is 27.9 Å². The number of nitrogens with zero attached hydrogens (tertiary/aromatic N) is 3. The number of hydrogen-bond acceptors (Lipinski definition) is 4. The van der Waals surface area contributed by atoms with Crippen molar-refractivity contribution >= 4 is 11.8 Å². The van der Waals surface area contributed by atoms with Gasteiger partial charge in [0, 0.05) is 32.2 Å². The van der Waals surface area contributed by atoms with Gasteiger partial charge >= 0.3 is 0 Å². The van der Waals surface area contributed by atoms with E-state index in [1.54, 1.807) is 18.7 Å². The summed E-state index contributed by atoms with van der Waals surface area (Å²) >= 11 is 0. The lowest BCUT2D eigenvalue weighted by Gasteiger charge is -2.43. The van der Waals surface area contributed by atoms with Gasteiger partial charge in [0.15, 0.2) is 0 Å². The molecule has 2 aliphatic rings. The molecular formula is C13H24N4O2. The zero-order valence-electron chi connectivity index (χ0n) is 12.3.